The lowest BCUT2D eigenvalue weighted by Crippen LogP contribution is -2.11. The zero-order chi connectivity index (χ0) is 16.7. The first-order valence-corrected chi connectivity index (χ1v) is 8.27. The fraction of sp³-hybridized carbons (Fsp3) is 0.235. The highest BCUT2D eigenvalue weighted by atomic mass is 32.2. The van der Waals surface area contributed by atoms with E-state index in [1.807, 2.05) is 30.3 Å². The van der Waals surface area contributed by atoms with E-state index in [9.17, 15) is 14.9 Å². The van der Waals surface area contributed by atoms with Gasteiger partial charge in [-0.1, -0.05) is 24.3 Å². The van der Waals surface area contributed by atoms with E-state index in [1.54, 1.807) is 30.8 Å². The van der Waals surface area contributed by atoms with Crippen molar-refractivity contribution >= 4 is 29.0 Å². The average Bonchev–Trinajstić information content (AvgIpc) is 2.54. The molecule has 2 rings (SSSR count). The van der Waals surface area contributed by atoms with Gasteiger partial charge in [0.15, 0.2) is 0 Å². The van der Waals surface area contributed by atoms with E-state index in [2.05, 4.69) is 5.32 Å². The number of aryl methyl sites for hydroxylation is 1. The van der Waals surface area contributed by atoms with Crippen molar-refractivity contribution in [1.82, 2.24) is 0 Å². The van der Waals surface area contributed by atoms with E-state index in [0.717, 1.165) is 12.2 Å². The number of nitrogens with zero attached hydrogens (tertiary/aromatic N) is 1. The Hall–Kier alpha value is -2.34. The molecule has 0 saturated heterocycles. The maximum Gasteiger partial charge on any atom is 0.274 e. The number of hydrogen-bond donors (Lipinski definition) is 1. The molecule has 0 saturated carbocycles. The van der Waals surface area contributed by atoms with E-state index < -0.39 is 4.92 Å². The van der Waals surface area contributed by atoms with Gasteiger partial charge in [0, 0.05) is 28.6 Å². The smallest absolute Gasteiger partial charge is 0.274 e. The molecule has 0 aliphatic heterocycles. The monoisotopic (exact) mass is 330 g/mol. The summed E-state index contributed by atoms with van der Waals surface area (Å²) in [6, 6.07) is 14.7. The molecule has 0 unspecified atom stereocenters. The zero-order valence-electron chi connectivity index (χ0n) is 12.8. The van der Waals surface area contributed by atoms with Gasteiger partial charge in [0.05, 0.1) is 4.92 Å². The van der Waals surface area contributed by atoms with E-state index in [4.69, 9.17) is 0 Å². The minimum Gasteiger partial charge on any atom is -0.326 e. The van der Waals surface area contributed by atoms with Crippen LogP contribution in [0.1, 0.15) is 18.4 Å². The fourth-order valence-corrected chi connectivity index (χ4v) is 2.92. The predicted molar refractivity (Wildman–Crippen MR) is 92.9 cm³/mol. The number of hydrogen-bond acceptors (Lipinski definition) is 4. The van der Waals surface area contributed by atoms with Gasteiger partial charge in [-0.2, -0.15) is 0 Å². The van der Waals surface area contributed by atoms with Crippen LogP contribution in [0.4, 0.5) is 11.4 Å². The van der Waals surface area contributed by atoms with Crippen LogP contribution < -0.4 is 5.32 Å². The minimum atomic E-state index is -0.443. The molecule has 5 nitrogen and oxygen atoms in total. The lowest BCUT2D eigenvalue weighted by molar-refractivity contribution is -0.385. The number of rotatable bonds is 7. The van der Waals surface area contributed by atoms with Crippen LogP contribution in [-0.4, -0.2) is 16.6 Å². The molecule has 2 aromatic carbocycles. The van der Waals surface area contributed by atoms with Crippen molar-refractivity contribution in [3.8, 4) is 0 Å². The van der Waals surface area contributed by atoms with E-state index in [0.29, 0.717) is 17.7 Å². The third-order valence-corrected chi connectivity index (χ3v) is 4.35. The zero-order valence-corrected chi connectivity index (χ0v) is 13.6. The van der Waals surface area contributed by atoms with Gasteiger partial charge in [-0.3, -0.25) is 14.9 Å². The topological polar surface area (TPSA) is 72.2 Å². The molecule has 1 amide bonds. The largest absolute Gasteiger partial charge is 0.326 e. The van der Waals surface area contributed by atoms with Gasteiger partial charge in [0.2, 0.25) is 5.91 Å². The van der Waals surface area contributed by atoms with E-state index >= 15 is 0 Å². The summed E-state index contributed by atoms with van der Waals surface area (Å²) in [6.45, 7) is 1.67. The molecule has 0 fully saturated rings. The van der Waals surface area contributed by atoms with Crippen LogP contribution in [0.3, 0.4) is 0 Å². The van der Waals surface area contributed by atoms with Crippen LogP contribution in [0, 0.1) is 17.0 Å². The Kier molecular flexibility index (Phi) is 6.17. The number of thioether (sulfide) groups is 1. The summed E-state index contributed by atoms with van der Waals surface area (Å²) in [4.78, 5) is 23.5. The fourth-order valence-electron chi connectivity index (χ4n) is 2.05. The first kappa shape index (κ1) is 17.0. The second-order valence-corrected chi connectivity index (χ2v) is 6.24. The molecule has 0 aliphatic rings. The van der Waals surface area contributed by atoms with Gasteiger partial charge >= 0.3 is 0 Å². The summed E-state index contributed by atoms with van der Waals surface area (Å²) >= 11 is 1.71. The van der Waals surface area contributed by atoms with Crippen molar-refractivity contribution in [3.05, 3.63) is 64.2 Å². The number of benzene rings is 2. The molecular formula is C17H18N2O3S. The van der Waals surface area contributed by atoms with Crippen LogP contribution >= 0.6 is 11.8 Å². The van der Waals surface area contributed by atoms with Crippen molar-refractivity contribution in [2.24, 2.45) is 0 Å². The van der Waals surface area contributed by atoms with Crippen molar-refractivity contribution in [2.45, 2.75) is 24.7 Å². The number of nitrogens with one attached hydrogen (secondary N) is 1. The molecule has 120 valence electrons. The number of anilines is 1. The SMILES string of the molecule is Cc1ccc(NC(=O)CCCSc2ccccc2)cc1[N+](=O)[O-]. The maximum atomic E-state index is 11.9. The second-order valence-electron chi connectivity index (χ2n) is 5.07. The summed E-state index contributed by atoms with van der Waals surface area (Å²) in [7, 11) is 0. The van der Waals surface area contributed by atoms with Gasteiger partial charge in [-0.15, -0.1) is 11.8 Å². The molecule has 0 atom stereocenters. The molecule has 23 heavy (non-hydrogen) atoms. The molecule has 0 spiro atoms. The van der Waals surface area contributed by atoms with E-state index in [-0.39, 0.29) is 11.6 Å². The van der Waals surface area contributed by atoms with Crippen LogP contribution in [0.25, 0.3) is 0 Å². The Bertz CT molecular complexity index is 689. The lowest BCUT2D eigenvalue weighted by atomic mass is 10.2. The van der Waals surface area contributed by atoms with E-state index in [1.165, 1.54) is 11.0 Å². The molecule has 1 N–H and O–H groups in total. The third-order valence-electron chi connectivity index (χ3n) is 3.25. The average molecular weight is 330 g/mol. The van der Waals surface area contributed by atoms with Crippen molar-refractivity contribution < 1.29 is 9.72 Å². The van der Waals surface area contributed by atoms with Crippen LogP contribution in [-0.2, 0) is 4.79 Å². The Balaban J connectivity index is 1.79. The van der Waals surface area contributed by atoms with Crippen LogP contribution in [0.5, 0.6) is 0 Å². The Morgan fingerprint density at radius 3 is 2.65 bits per heavy atom. The number of nitro benzene ring substituents is 1. The highest BCUT2D eigenvalue weighted by Crippen LogP contribution is 2.23. The molecule has 0 aromatic heterocycles. The maximum absolute atomic E-state index is 11.9. The Morgan fingerprint density at radius 2 is 1.96 bits per heavy atom. The standard InChI is InChI=1S/C17H18N2O3S/c1-13-9-10-14(12-16(13)19(21)22)18-17(20)8-5-11-23-15-6-3-2-4-7-15/h2-4,6-7,9-10,12H,5,8,11H2,1H3,(H,18,20). The summed E-state index contributed by atoms with van der Waals surface area (Å²) in [5, 5.41) is 13.6. The third kappa shape index (κ3) is 5.41. The number of carbonyl (C=O) groups is 1. The van der Waals surface area contributed by atoms with Gasteiger partial charge < -0.3 is 5.32 Å². The normalized spacial score (nSPS) is 10.3. The molecule has 0 heterocycles. The second kappa shape index (κ2) is 8.33. The number of nitro groups is 1. The molecule has 0 bridgehead atoms. The molecule has 6 heteroatoms. The highest BCUT2D eigenvalue weighted by molar-refractivity contribution is 7.99. The quantitative estimate of drug-likeness (QED) is 0.353. The summed E-state index contributed by atoms with van der Waals surface area (Å²) in [5.74, 6) is 0.725. The molecule has 0 aliphatic carbocycles. The Morgan fingerprint density at radius 1 is 1.22 bits per heavy atom. The molecular weight excluding hydrogens is 312 g/mol. The summed E-state index contributed by atoms with van der Waals surface area (Å²) < 4.78 is 0. The van der Waals surface area contributed by atoms with Gasteiger partial charge in [-0.25, -0.2) is 0 Å². The predicted octanol–water partition coefficient (Wildman–Crippen LogP) is 4.41. The first-order chi connectivity index (χ1) is 11.1. The van der Waals surface area contributed by atoms with Gasteiger partial charge in [0.1, 0.15) is 0 Å². The van der Waals surface area contributed by atoms with Crippen LogP contribution in [0.15, 0.2) is 53.4 Å². The van der Waals surface area contributed by atoms with Gasteiger partial charge in [-0.05, 0) is 37.3 Å². The number of carbonyl (C=O) groups excluding carboxylic acids is 1. The van der Waals surface area contributed by atoms with Gasteiger partial charge in [0.25, 0.3) is 5.69 Å². The minimum absolute atomic E-state index is 0.0161. The van der Waals surface area contributed by atoms with Crippen molar-refractivity contribution in [3.63, 3.8) is 0 Å². The highest BCUT2D eigenvalue weighted by Gasteiger charge is 2.12. The summed E-state index contributed by atoms with van der Waals surface area (Å²) in [6.07, 6.45) is 1.14. The van der Waals surface area contributed by atoms with Crippen molar-refractivity contribution in [2.75, 3.05) is 11.1 Å². The van der Waals surface area contributed by atoms with Crippen LogP contribution in [0.2, 0.25) is 0 Å². The first-order valence-electron chi connectivity index (χ1n) is 7.29. The molecule has 2 aromatic rings. The molecule has 0 radical (unpaired) electrons. The number of amides is 1. The Labute approximate surface area is 139 Å². The summed E-state index contributed by atoms with van der Waals surface area (Å²) in [5.41, 5.74) is 1.05. The lowest BCUT2D eigenvalue weighted by Gasteiger charge is -2.06. The van der Waals surface area contributed by atoms with Crippen molar-refractivity contribution in [1.29, 1.82) is 0 Å².